The van der Waals surface area contributed by atoms with Gasteiger partial charge in [-0.25, -0.2) is 0 Å². The predicted octanol–water partition coefficient (Wildman–Crippen LogP) is 4.65. The number of carbonyl (C=O) groups is 1. The molecule has 0 unspecified atom stereocenters. The lowest BCUT2D eigenvalue weighted by Gasteiger charge is -2.22. The van der Waals surface area contributed by atoms with Crippen LogP contribution in [0.25, 0.3) is 0 Å². The van der Waals surface area contributed by atoms with Gasteiger partial charge in [-0.1, -0.05) is 43.3 Å². The minimum absolute atomic E-state index is 0.0497. The molecular formula is C21H27NO2. The first-order chi connectivity index (χ1) is 11.4. The van der Waals surface area contributed by atoms with Gasteiger partial charge in [-0.15, -0.1) is 0 Å². The zero-order valence-electron chi connectivity index (χ0n) is 15.2. The maximum atomic E-state index is 12.6. The highest BCUT2D eigenvalue weighted by molar-refractivity contribution is 5.81. The van der Waals surface area contributed by atoms with Crippen molar-refractivity contribution >= 4 is 5.91 Å². The first-order valence-corrected chi connectivity index (χ1v) is 8.52. The second kappa shape index (κ2) is 8.00. The molecule has 1 amide bonds. The number of ether oxygens (including phenoxy) is 1. The van der Waals surface area contributed by atoms with Crippen molar-refractivity contribution < 1.29 is 9.53 Å². The van der Waals surface area contributed by atoms with Crippen LogP contribution in [-0.4, -0.2) is 12.0 Å². The summed E-state index contributed by atoms with van der Waals surface area (Å²) in [5.74, 6) is 0.685. The Hall–Kier alpha value is -2.29. The van der Waals surface area contributed by atoms with E-state index in [0.717, 1.165) is 16.9 Å². The number of hydrogen-bond acceptors (Lipinski definition) is 2. The van der Waals surface area contributed by atoms with E-state index in [1.807, 2.05) is 45.0 Å². The first-order valence-electron chi connectivity index (χ1n) is 8.52. The largest absolute Gasteiger partial charge is 0.480 e. The summed E-state index contributed by atoms with van der Waals surface area (Å²) in [6.45, 7) is 10.1. The molecule has 2 rings (SSSR count). The molecule has 2 aromatic carbocycles. The van der Waals surface area contributed by atoms with Gasteiger partial charge in [0, 0.05) is 0 Å². The van der Waals surface area contributed by atoms with Gasteiger partial charge >= 0.3 is 0 Å². The van der Waals surface area contributed by atoms with Crippen molar-refractivity contribution in [3.05, 3.63) is 64.7 Å². The summed E-state index contributed by atoms with van der Waals surface area (Å²) in [4.78, 5) is 12.6. The summed E-state index contributed by atoms with van der Waals surface area (Å²) in [7, 11) is 0. The monoisotopic (exact) mass is 325 g/mol. The van der Waals surface area contributed by atoms with Gasteiger partial charge < -0.3 is 10.1 Å². The molecule has 0 saturated carbocycles. The van der Waals surface area contributed by atoms with Crippen LogP contribution < -0.4 is 10.1 Å². The number of benzene rings is 2. The van der Waals surface area contributed by atoms with Gasteiger partial charge in [0.15, 0.2) is 6.10 Å². The summed E-state index contributed by atoms with van der Waals surface area (Å²) in [5, 5.41) is 3.07. The smallest absolute Gasteiger partial charge is 0.261 e. The molecule has 128 valence electrons. The van der Waals surface area contributed by atoms with E-state index in [1.165, 1.54) is 11.1 Å². The normalized spacial score (nSPS) is 13.2. The molecule has 3 heteroatoms. The Morgan fingerprint density at radius 3 is 2.38 bits per heavy atom. The standard InChI is InChI=1S/C21H27NO2/c1-6-19(24-20-10-8-7-9-15(20)3)21(23)22-17(5)18-12-11-14(2)16(4)13-18/h7-13,17,19H,6H2,1-5H3,(H,22,23)/t17-,19+/m1/s1. The molecule has 1 N–H and O–H groups in total. The Labute approximate surface area is 145 Å². The second-order valence-electron chi connectivity index (χ2n) is 6.35. The molecule has 0 aliphatic carbocycles. The number of carbonyl (C=O) groups excluding carboxylic acids is 1. The van der Waals surface area contributed by atoms with Gasteiger partial charge in [-0.2, -0.15) is 0 Å². The average molecular weight is 325 g/mol. The van der Waals surface area contributed by atoms with Crippen LogP contribution in [0.2, 0.25) is 0 Å². The molecule has 0 radical (unpaired) electrons. The van der Waals surface area contributed by atoms with E-state index in [9.17, 15) is 4.79 Å². The Morgan fingerprint density at radius 1 is 1.04 bits per heavy atom. The predicted molar refractivity (Wildman–Crippen MR) is 98.4 cm³/mol. The summed E-state index contributed by atoms with van der Waals surface area (Å²) >= 11 is 0. The minimum Gasteiger partial charge on any atom is -0.480 e. The van der Waals surface area contributed by atoms with Crippen LogP contribution in [0.3, 0.4) is 0 Å². The van der Waals surface area contributed by atoms with Gasteiger partial charge in [-0.05, 0) is 62.4 Å². The van der Waals surface area contributed by atoms with Crippen LogP contribution in [0.1, 0.15) is 48.6 Å². The number of amides is 1. The van der Waals surface area contributed by atoms with Gasteiger partial charge in [0.25, 0.3) is 5.91 Å². The Kier molecular flexibility index (Phi) is 6.02. The van der Waals surface area contributed by atoms with Crippen LogP contribution in [0.15, 0.2) is 42.5 Å². The molecule has 24 heavy (non-hydrogen) atoms. The molecule has 0 saturated heterocycles. The number of hydrogen-bond donors (Lipinski definition) is 1. The Morgan fingerprint density at radius 2 is 1.75 bits per heavy atom. The summed E-state index contributed by atoms with van der Waals surface area (Å²) in [6.07, 6.45) is 0.139. The molecule has 0 aliphatic rings. The summed E-state index contributed by atoms with van der Waals surface area (Å²) < 4.78 is 5.92. The molecule has 2 aromatic rings. The van der Waals surface area contributed by atoms with Gasteiger partial charge in [0.2, 0.25) is 0 Å². The summed E-state index contributed by atoms with van der Waals surface area (Å²) in [6, 6.07) is 14.0. The van der Waals surface area contributed by atoms with Gasteiger partial charge in [-0.3, -0.25) is 4.79 Å². The highest BCUT2D eigenvalue weighted by Gasteiger charge is 2.21. The summed E-state index contributed by atoms with van der Waals surface area (Å²) in [5.41, 5.74) is 4.63. The third-order valence-electron chi connectivity index (χ3n) is 4.42. The number of rotatable bonds is 6. The quantitative estimate of drug-likeness (QED) is 0.840. The van der Waals surface area contributed by atoms with Crippen molar-refractivity contribution in [1.29, 1.82) is 0 Å². The second-order valence-corrected chi connectivity index (χ2v) is 6.35. The van der Waals surface area contributed by atoms with Crippen molar-refractivity contribution in [2.45, 2.75) is 53.2 Å². The lowest BCUT2D eigenvalue weighted by molar-refractivity contribution is -0.128. The Bertz CT molecular complexity index is 709. The fraction of sp³-hybridized carbons (Fsp3) is 0.381. The van der Waals surface area contributed by atoms with Crippen molar-refractivity contribution in [2.24, 2.45) is 0 Å². The number of aryl methyl sites for hydroxylation is 3. The molecule has 0 aliphatic heterocycles. The van der Waals surface area contributed by atoms with E-state index in [1.54, 1.807) is 0 Å². The fourth-order valence-electron chi connectivity index (χ4n) is 2.59. The third-order valence-corrected chi connectivity index (χ3v) is 4.42. The maximum absolute atomic E-state index is 12.6. The minimum atomic E-state index is -0.486. The van der Waals surface area contributed by atoms with Crippen LogP contribution >= 0.6 is 0 Å². The highest BCUT2D eigenvalue weighted by atomic mass is 16.5. The zero-order chi connectivity index (χ0) is 17.7. The molecule has 2 atom stereocenters. The molecule has 0 fully saturated rings. The highest BCUT2D eigenvalue weighted by Crippen LogP contribution is 2.20. The van der Waals surface area contributed by atoms with Crippen LogP contribution in [-0.2, 0) is 4.79 Å². The van der Waals surface area contributed by atoms with Crippen LogP contribution in [0, 0.1) is 20.8 Å². The van der Waals surface area contributed by atoms with E-state index < -0.39 is 6.10 Å². The van der Waals surface area contributed by atoms with Gasteiger partial charge in [0.1, 0.15) is 5.75 Å². The lowest BCUT2D eigenvalue weighted by Crippen LogP contribution is -2.39. The van der Waals surface area contributed by atoms with E-state index >= 15 is 0 Å². The molecule has 0 spiro atoms. The van der Waals surface area contributed by atoms with Crippen molar-refractivity contribution in [3.8, 4) is 5.75 Å². The molecular weight excluding hydrogens is 298 g/mol. The number of nitrogens with one attached hydrogen (secondary N) is 1. The van der Waals surface area contributed by atoms with Crippen molar-refractivity contribution in [2.75, 3.05) is 0 Å². The van der Waals surface area contributed by atoms with Gasteiger partial charge in [0.05, 0.1) is 6.04 Å². The van der Waals surface area contributed by atoms with Crippen molar-refractivity contribution in [3.63, 3.8) is 0 Å². The van der Waals surface area contributed by atoms with E-state index in [4.69, 9.17) is 4.74 Å². The zero-order valence-corrected chi connectivity index (χ0v) is 15.2. The molecule has 0 heterocycles. The fourth-order valence-corrected chi connectivity index (χ4v) is 2.59. The molecule has 0 bridgehead atoms. The third kappa shape index (κ3) is 4.38. The Balaban J connectivity index is 2.05. The SMILES string of the molecule is CC[C@H](Oc1ccccc1C)C(=O)N[C@H](C)c1ccc(C)c(C)c1. The van der Waals surface area contributed by atoms with E-state index in [0.29, 0.717) is 6.42 Å². The van der Waals surface area contributed by atoms with Crippen LogP contribution in [0.4, 0.5) is 0 Å². The van der Waals surface area contributed by atoms with Crippen molar-refractivity contribution in [1.82, 2.24) is 5.32 Å². The molecule has 0 aromatic heterocycles. The topological polar surface area (TPSA) is 38.3 Å². The van der Waals surface area contributed by atoms with E-state index in [-0.39, 0.29) is 11.9 Å². The maximum Gasteiger partial charge on any atom is 0.261 e. The van der Waals surface area contributed by atoms with Crippen LogP contribution in [0.5, 0.6) is 5.75 Å². The first kappa shape index (κ1) is 18.1. The number of para-hydroxylation sites is 1. The molecule has 3 nitrogen and oxygen atoms in total. The lowest BCUT2D eigenvalue weighted by atomic mass is 10.0. The van der Waals surface area contributed by atoms with E-state index in [2.05, 4.69) is 37.4 Å². The average Bonchev–Trinajstić information content (AvgIpc) is 2.56.